The van der Waals surface area contributed by atoms with Crippen LogP contribution in [0.5, 0.6) is 0 Å². The number of benzene rings is 1. The number of nitrogens with two attached hydrogens (primary N) is 1. The zero-order chi connectivity index (χ0) is 12.2. The van der Waals surface area contributed by atoms with Gasteiger partial charge in [-0.2, -0.15) is 0 Å². The Morgan fingerprint density at radius 2 is 2.19 bits per heavy atom. The maximum absolute atomic E-state index is 11.7. The van der Waals surface area contributed by atoms with Gasteiger partial charge in [-0.1, -0.05) is 36.8 Å². The van der Waals surface area contributed by atoms with Gasteiger partial charge in [0.25, 0.3) is 0 Å². The first kappa shape index (κ1) is 12.7. The number of carbonyl (C=O) groups is 1. The summed E-state index contributed by atoms with van der Waals surface area (Å²) in [5.41, 5.74) is 7.36. The van der Waals surface area contributed by atoms with E-state index in [-0.39, 0.29) is 5.91 Å². The van der Waals surface area contributed by atoms with E-state index in [4.69, 9.17) is 5.73 Å². The number of nitrogens with one attached hydrogen (secondary N) is 1. The van der Waals surface area contributed by atoms with Crippen LogP contribution < -0.4 is 11.1 Å². The van der Waals surface area contributed by atoms with E-state index < -0.39 is 5.54 Å². The summed E-state index contributed by atoms with van der Waals surface area (Å²) in [6.07, 6.45) is 0.632. The van der Waals surface area contributed by atoms with E-state index in [1.54, 1.807) is 6.92 Å². The van der Waals surface area contributed by atoms with E-state index >= 15 is 0 Å². The summed E-state index contributed by atoms with van der Waals surface area (Å²) in [4.78, 5) is 11.7. The summed E-state index contributed by atoms with van der Waals surface area (Å²) in [5, 5.41) is 2.85. The molecule has 1 aromatic carbocycles. The number of hydrogen-bond donors (Lipinski definition) is 2. The van der Waals surface area contributed by atoms with E-state index in [2.05, 4.69) is 11.4 Å². The van der Waals surface area contributed by atoms with Gasteiger partial charge in [-0.05, 0) is 25.8 Å². The molecule has 88 valence electrons. The Balaban J connectivity index is 2.56. The third-order valence-electron chi connectivity index (χ3n) is 2.79. The topological polar surface area (TPSA) is 55.1 Å². The molecule has 0 radical (unpaired) electrons. The van der Waals surface area contributed by atoms with Crippen LogP contribution in [-0.4, -0.2) is 11.4 Å². The third kappa shape index (κ3) is 3.35. The highest BCUT2D eigenvalue weighted by Crippen LogP contribution is 2.07. The average Bonchev–Trinajstić information content (AvgIpc) is 2.26. The van der Waals surface area contributed by atoms with Gasteiger partial charge in [-0.15, -0.1) is 0 Å². The van der Waals surface area contributed by atoms with Crippen LogP contribution in [0.1, 0.15) is 31.4 Å². The Kier molecular flexibility index (Phi) is 4.07. The van der Waals surface area contributed by atoms with Crippen LogP contribution in [0.25, 0.3) is 0 Å². The summed E-state index contributed by atoms with van der Waals surface area (Å²) in [6, 6.07) is 8.07. The predicted octanol–water partition coefficient (Wildman–Crippen LogP) is 1.74. The zero-order valence-corrected chi connectivity index (χ0v) is 10.2. The molecule has 0 aliphatic heterocycles. The molecule has 1 rings (SSSR count). The molecule has 0 bridgehead atoms. The van der Waals surface area contributed by atoms with Crippen LogP contribution in [0.15, 0.2) is 24.3 Å². The molecule has 0 fully saturated rings. The maximum Gasteiger partial charge on any atom is 0.240 e. The molecule has 0 saturated heterocycles. The highest BCUT2D eigenvalue weighted by Gasteiger charge is 2.25. The number of carbonyl (C=O) groups excluding carboxylic acids is 1. The first-order valence-corrected chi connectivity index (χ1v) is 5.58. The highest BCUT2D eigenvalue weighted by atomic mass is 16.2. The van der Waals surface area contributed by atoms with Gasteiger partial charge < -0.3 is 11.1 Å². The van der Waals surface area contributed by atoms with Gasteiger partial charge in [-0.25, -0.2) is 0 Å². The van der Waals surface area contributed by atoms with Crippen molar-refractivity contribution in [2.24, 2.45) is 5.73 Å². The molecule has 0 aliphatic rings. The normalized spacial score (nSPS) is 14.2. The zero-order valence-electron chi connectivity index (χ0n) is 10.2. The summed E-state index contributed by atoms with van der Waals surface area (Å²) in [7, 11) is 0. The molecule has 0 heterocycles. The Bertz CT molecular complexity index is 372. The molecular weight excluding hydrogens is 200 g/mol. The summed E-state index contributed by atoms with van der Waals surface area (Å²) in [5.74, 6) is -0.100. The predicted molar refractivity (Wildman–Crippen MR) is 65.9 cm³/mol. The van der Waals surface area contributed by atoms with E-state index in [1.165, 1.54) is 5.56 Å². The lowest BCUT2D eigenvalue weighted by Gasteiger charge is -2.21. The summed E-state index contributed by atoms with van der Waals surface area (Å²) >= 11 is 0. The lowest BCUT2D eigenvalue weighted by Crippen LogP contribution is -2.50. The Morgan fingerprint density at radius 1 is 1.50 bits per heavy atom. The van der Waals surface area contributed by atoms with Crippen molar-refractivity contribution in [3.63, 3.8) is 0 Å². The second kappa shape index (κ2) is 5.12. The maximum atomic E-state index is 11.7. The molecule has 3 N–H and O–H groups in total. The van der Waals surface area contributed by atoms with Crippen molar-refractivity contribution in [2.75, 3.05) is 0 Å². The van der Waals surface area contributed by atoms with Crippen molar-refractivity contribution in [1.29, 1.82) is 0 Å². The standard InChI is InChI=1S/C13H20N2O/c1-4-13(3,14)12(16)15-9-11-7-5-6-10(2)8-11/h5-8H,4,9,14H2,1-3H3,(H,15,16). The second-order valence-corrected chi connectivity index (χ2v) is 4.44. The van der Waals surface area contributed by atoms with Crippen LogP contribution in [-0.2, 0) is 11.3 Å². The Labute approximate surface area is 97.0 Å². The molecule has 1 atom stereocenters. The van der Waals surface area contributed by atoms with Crippen LogP contribution in [0.3, 0.4) is 0 Å². The number of aryl methyl sites for hydroxylation is 1. The largest absolute Gasteiger partial charge is 0.350 e. The van der Waals surface area contributed by atoms with Gasteiger partial charge in [0.2, 0.25) is 5.91 Å². The Hall–Kier alpha value is -1.35. The van der Waals surface area contributed by atoms with Crippen molar-refractivity contribution in [2.45, 2.75) is 39.3 Å². The monoisotopic (exact) mass is 220 g/mol. The minimum absolute atomic E-state index is 0.100. The third-order valence-corrected chi connectivity index (χ3v) is 2.79. The molecule has 0 aliphatic carbocycles. The smallest absolute Gasteiger partial charge is 0.240 e. The van der Waals surface area contributed by atoms with Crippen LogP contribution in [0.4, 0.5) is 0 Å². The number of rotatable bonds is 4. The van der Waals surface area contributed by atoms with Crippen molar-refractivity contribution in [3.8, 4) is 0 Å². The summed E-state index contributed by atoms with van der Waals surface area (Å²) in [6.45, 7) is 6.22. The first-order valence-electron chi connectivity index (χ1n) is 5.58. The van der Waals surface area contributed by atoms with E-state index in [0.29, 0.717) is 13.0 Å². The van der Waals surface area contributed by atoms with Crippen LogP contribution in [0, 0.1) is 6.92 Å². The minimum Gasteiger partial charge on any atom is -0.350 e. The Morgan fingerprint density at radius 3 is 2.75 bits per heavy atom. The van der Waals surface area contributed by atoms with E-state index in [0.717, 1.165) is 5.56 Å². The molecule has 1 unspecified atom stereocenters. The van der Waals surface area contributed by atoms with Gasteiger partial charge in [0, 0.05) is 6.54 Å². The molecule has 0 saturated carbocycles. The van der Waals surface area contributed by atoms with Crippen molar-refractivity contribution < 1.29 is 4.79 Å². The first-order chi connectivity index (χ1) is 7.45. The SMILES string of the molecule is CCC(C)(N)C(=O)NCc1cccc(C)c1. The molecule has 0 spiro atoms. The minimum atomic E-state index is -0.774. The van der Waals surface area contributed by atoms with Gasteiger partial charge in [0.05, 0.1) is 5.54 Å². The fourth-order valence-electron chi connectivity index (χ4n) is 1.37. The lowest BCUT2D eigenvalue weighted by molar-refractivity contribution is -0.126. The van der Waals surface area contributed by atoms with Gasteiger partial charge >= 0.3 is 0 Å². The molecule has 16 heavy (non-hydrogen) atoms. The van der Waals surface area contributed by atoms with Crippen LogP contribution >= 0.6 is 0 Å². The molecular formula is C13H20N2O. The number of amides is 1. The van der Waals surface area contributed by atoms with Gasteiger partial charge in [-0.3, -0.25) is 4.79 Å². The molecule has 1 amide bonds. The lowest BCUT2D eigenvalue weighted by atomic mass is 9.99. The fourth-order valence-corrected chi connectivity index (χ4v) is 1.37. The molecule has 3 heteroatoms. The number of hydrogen-bond acceptors (Lipinski definition) is 2. The average molecular weight is 220 g/mol. The van der Waals surface area contributed by atoms with E-state index in [1.807, 2.05) is 32.0 Å². The van der Waals surface area contributed by atoms with Gasteiger partial charge in [0.15, 0.2) is 0 Å². The van der Waals surface area contributed by atoms with E-state index in [9.17, 15) is 4.79 Å². The van der Waals surface area contributed by atoms with Gasteiger partial charge in [0.1, 0.15) is 0 Å². The summed E-state index contributed by atoms with van der Waals surface area (Å²) < 4.78 is 0. The van der Waals surface area contributed by atoms with Crippen molar-refractivity contribution >= 4 is 5.91 Å². The van der Waals surface area contributed by atoms with Crippen molar-refractivity contribution in [1.82, 2.24) is 5.32 Å². The fraction of sp³-hybridized carbons (Fsp3) is 0.462. The highest BCUT2D eigenvalue weighted by molar-refractivity contribution is 5.85. The van der Waals surface area contributed by atoms with Crippen molar-refractivity contribution in [3.05, 3.63) is 35.4 Å². The molecule has 3 nitrogen and oxygen atoms in total. The molecule has 0 aromatic heterocycles. The second-order valence-electron chi connectivity index (χ2n) is 4.44. The molecule has 1 aromatic rings. The quantitative estimate of drug-likeness (QED) is 0.812. The van der Waals surface area contributed by atoms with Crippen LogP contribution in [0.2, 0.25) is 0 Å².